The lowest BCUT2D eigenvalue weighted by atomic mass is 10.1. The molecule has 2 heterocycles. The van der Waals surface area contributed by atoms with Gasteiger partial charge in [-0.1, -0.05) is 45.4 Å². The number of aromatic nitrogens is 2. The van der Waals surface area contributed by atoms with E-state index in [9.17, 15) is 14.4 Å². The molecule has 0 atom stereocenters. The SMILES string of the molecule is CCCCn1c(N)c(N(CCC(C)C)C(=O)c2oc3c(C)cccc3c2C)c(=O)[nH]c1=O. The number of anilines is 2. The molecule has 0 radical (unpaired) electrons. The first-order chi connectivity index (χ1) is 15.2. The summed E-state index contributed by atoms with van der Waals surface area (Å²) < 4.78 is 7.31. The molecule has 0 saturated carbocycles. The Morgan fingerprint density at radius 1 is 1.25 bits per heavy atom. The van der Waals surface area contributed by atoms with Crippen molar-refractivity contribution in [3.05, 3.63) is 55.9 Å². The van der Waals surface area contributed by atoms with Crippen LogP contribution in [0.3, 0.4) is 0 Å². The van der Waals surface area contributed by atoms with Gasteiger partial charge in [-0.05, 0) is 38.2 Å². The number of hydrogen-bond acceptors (Lipinski definition) is 5. The van der Waals surface area contributed by atoms with Crippen LogP contribution in [0.2, 0.25) is 0 Å². The third-order valence-corrected chi connectivity index (χ3v) is 5.75. The van der Waals surface area contributed by atoms with Gasteiger partial charge in [-0.25, -0.2) is 4.79 Å². The lowest BCUT2D eigenvalue weighted by molar-refractivity contribution is 0.0960. The Bertz CT molecular complexity index is 1250. The molecule has 0 aliphatic heterocycles. The van der Waals surface area contributed by atoms with E-state index in [1.165, 1.54) is 9.47 Å². The lowest BCUT2D eigenvalue weighted by Gasteiger charge is -2.24. The van der Waals surface area contributed by atoms with Crippen LogP contribution < -0.4 is 21.9 Å². The molecule has 0 spiro atoms. The average Bonchev–Trinajstić information content (AvgIpc) is 3.07. The Kier molecular flexibility index (Phi) is 6.91. The van der Waals surface area contributed by atoms with Crippen LogP contribution in [0.5, 0.6) is 0 Å². The topological polar surface area (TPSA) is 114 Å². The van der Waals surface area contributed by atoms with Crippen molar-refractivity contribution in [2.45, 2.75) is 60.4 Å². The molecule has 1 amide bonds. The van der Waals surface area contributed by atoms with Crippen LogP contribution in [-0.4, -0.2) is 22.0 Å². The van der Waals surface area contributed by atoms with E-state index >= 15 is 0 Å². The highest BCUT2D eigenvalue weighted by atomic mass is 16.3. The summed E-state index contributed by atoms with van der Waals surface area (Å²) in [4.78, 5) is 42.6. The highest BCUT2D eigenvalue weighted by molar-refractivity contribution is 6.09. The number of amides is 1. The molecule has 172 valence electrons. The Morgan fingerprint density at radius 3 is 2.59 bits per heavy atom. The number of aromatic amines is 1. The Morgan fingerprint density at radius 2 is 1.97 bits per heavy atom. The predicted octanol–water partition coefficient (Wildman–Crippen LogP) is 3.97. The molecule has 2 aromatic heterocycles. The molecular formula is C24H32N4O4. The van der Waals surface area contributed by atoms with Gasteiger partial charge in [0.15, 0.2) is 11.4 Å². The van der Waals surface area contributed by atoms with Gasteiger partial charge in [0.2, 0.25) is 0 Å². The lowest BCUT2D eigenvalue weighted by Crippen LogP contribution is -2.42. The minimum Gasteiger partial charge on any atom is -0.450 e. The van der Waals surface area contributed by atoms with Crippen molar-refractivity contribution in [3.63, 3.8) is 0 Å². The van der Waals surface area contributed by atoms with Crippen molar-refractivity contribution in [2.24, 2.45) is 5.92 Å². The molecule has 1 aromatic carbocycles. The first-order valence-electron chi connectivity index (χ1n) is 11.1. The van der Waals surface area contributed by atoms with E-state index in [2.05, 4.69) is 4.98 Å². The molecule has 8 heteroatoms. The van der Waals surface area contributed by atoms with E-state index in [1.807, 2.05) is 52.8 Å². The molecule has 0 bridgehead atoms. The van der Waals surface area contributed by atoms with Crippen molar-refractivity contribution in [3.8, 4) is 0 Å². The van der Waals surface area contributed by atoms with Crippen LogP contribution in [0.1, 0.15) is 61.7 Å². The molecule has 0 fully saturated rings. The van der Waals surface area contributed by atoms with E-state index in [-0.39, 0.29) is 29.7 Å². The summed E-state index contributed by atoms with van der Waals surface area (Å²) in [6.45, 7) is 10.4. The fourth-order valence-electron chi connectivity index (χ4n) is 3.79. The molecule has 3 aromatic rings. The fraction of sp³-hybridized carbons (Fsp3) is 0.458. The van der Waals surface area contributed by atoms with Crippen molar-refractivity contribution in [1.29, 1.82) is 0 Å². The maximum Gasteiger partial charge on any atom is 0.330 e. The molecule has 32 heavy (non-hydrogen) atoms. The zero-order valence-electron chi connectivity index (χ0n) is 19.4. The van der Waals surface area contributed by atoms with Gasteiger partial charge in [0.1, 0.15) is 11.4 Å². The first kappa shape index (κ1) is 23.4. The number of furan rings is 1. The van der Waals surface area contributed by atoms with E-state index in [4.69, 9.17) is 10.2 Å². The molecule has 0 aliphatic rings. The molecule has 0 aliphatic carbocycles. The van der Waals surface area contributed by atoms with Crippen molar-refractivity contribution >= 4 is 28.4 Å². The number of carbonyl (C=O) groups is 1. The van der Waals surface area contributed by atoms with E-state index < -0.39 is 17.2 Å². The second-order valence-electron chi connectivity index (χ2n) is 8.65. The van der Waals surface area contributed by atoms with Gasteiger partial charge in [0.05, 0.1) is 0 Å². The minimum absolute atomic E-state index is 0.00532. The summed E-state index contributed by atoms with van der Waals surface area (Å²) in [7, 11) is 0. The summed E-state index contributed by atoms with van der Waals surface area (Å²) in [6, 6.07) is 5.74. The molecule has 0 unspecified atom stereocenters. The summed E-state index contributed by atoms with van der Waals surface area (Å²) in [5.74, 6) is 0.00433. The standard InChI is InChI=1S/C24H32N4O4/c1-6-7-12-28-21(25)18(22(29)26-24(28)31)27(13-11-14(2)3)23(30)20-16(5)17-10-8-9-15(4)19(17)32-20/h8-10,14H,6-7,11-13,25H2,1-5H3,(H,26,29,31). The Balaban J connectivity index is 2.17. The van der Waals surface area contributed by atoms with Crippen molar-refractivity contribution in [1.82, 2.24) is 9.55 Å². The summed E-state index contributed by atoms with van der Waals surface area (Å²) in [5, 5.41) is 0.854. The monoisotopic (exact) mass is 440 g/mol. The smallest absolute Gasteiger partial charge is 0.330 e. The van der Waals surface area contributed by atoms with Gasteiger partial charge in [0.25, 0.3) is 11.5 Å². The number of rotatable bonds is 8. The van der Waals surface area contributed by atoms with Gasteiger partial charge >= 0.3 is 5.69 Å². The number of unbranched alkanes of at least 4 members (excludes halogenated alkanes) is 1. The fourth-order valence-corrected chi connectivity index (χ4v) is 3.79. The average molecular weight is 441 g/mol. The first-order valence-corrected chi connectivity index (χ1v) is 11.1. The number of fused-ring (bicyclic) bond motifs is 1. The Hall–Kier alpha value is -3.29. The van der Waals surface area contributed by atoms with Crippen molar-refractivity contribution in [2.75, 3.05) is 17.2 Å². The number of carbonyl (C=O) groups excluding carboxylic acids is 1. The molecule has 0 saturated heterocycles. The number of benzene rings is 1. The highest BCUT2D eigenvalue weighted by Gasteiger charge is 2.29. The second-order valence-corrected chi connectivity index (χ2v) is 8.65. The van der Waals surface area contributed by atoms with Crippen LogP contribution in [0.15, 0.2) is 32.2 Å². The van der Waals surface area contributed by atoms with Gasteiger partial charge in [-0.15, -0.1) is 0 Å². The number of hydrogen-bond donors (Lipinski definition) is 2. The van der Waals surface area contributed by atoms with Gasteiger partial charge in [-0.3, -0.25) is 24.0 Å². The van der Waals surface area contributed by atoms with Gasteiger partial charge in [0, 0.05) is 24.0 Å². The predicted molar refractivity (Wildman–Crippen MR) is 127 cm³/mol. The number of aryl methyl sites for hydroxylation is 2. The number of nitrogens with two attached hydrogens (primary N) is 1. The largest absolute Gasteiger partial charge is 0.450 e. The van der Waals surface area contributed by atoms with E-state index in [0.29, 0.717) is 24.1 Å². The third kappa shape index (κ3) is 4.35. The highest BCUT2D eigenvalue weighted by Crippen LogP contribution is 2.30. The normalized spacial score (nSPS) is 11.4. The number of nitrogens with one attached hydrogen (secondary N) is 1. The third-order valence-electron chi connectivity index (χ3n) is 5.75. The maximum atomic E-state index is 13.7. The van der Waals surface area contributed by atoms with E-state index in [1.54, 1.807) is 0 Å². The zero-order valence-corrected chi connectivity index (χ0v) is 19.4. The summed E-state index contributed by atoms with van der Waals surface area (Å²) >= 11 is 0. The maximum absolute atomic E-state index is 13.7. The van der Waals surface area contributed by atoms with Crippen LogP contribution >= 0.6 is 0 Å². The number of nitrogens with zero attached hydrogens (tertiary/aromatic N) is 2. The molecular weight excluding hydrogens is 408 g/mol. The van der Waals surface area contributed by atoms with E-state index in [0.717, 1.165) is 23.8 Å². The minimum atomic E-state index is -0.678. The molecule has 3 rings (SSSR count). The second kappa shape index (κ2) is 9.46. The van der Waals surface area contributed by atoms with Crippen LogP contribution in [0, 0.1) is 19.8 Å². The van der Waals surface area contributed by atoms with Crippen LogP contribution in [-0.2, 0) is 6.54 Å². The number of para-hydroxylation sites is 1. The molecule has 3 N–H and O–H groups in total. The van der Waals surface area contributed by atoms with Crippen LogP contribution in [0.4, 0.5) is 11.5 Å². The molecule has 8 nitrogen and oxygen atoms in total. The van der Waals surface area contributed by atoms with Gasteiger partial charge in [-0.2, -0.15) is 0 Å². The number of nitrogen functional groups attached to an aromatic ring is 1. The summed E-state index contributed by atoms with van der Waals surface area (Å²) in [6.07, 6.45) is 2.22. The van der Waals surface area contributed by atoms with Crippen molar-refractivity contribution < 1.29 is 9.21 Å². The quantitative estimate of drug-likeness (QED) is 0.550. The van der Waals surface area contributed by atoms with Gasteiger partial charge < -0.3 is 10.2 Å². The van der Waals surface area contributed by atoms with Crippen LogP contribution in [0.25, 0.3) is 11.0 Å². The Labute approximate surface area is 187 Å². The zero-order chi connectivity index (χ0) is 23.6. The number of H-pyrrole nitrogens is 1. The summed E-state index contributed by atoms with van der Waals surface area (Å²) in [5.41, 5.74) is 7.31.